The molecule has 0 spiro atoms. The van der Waals surface area contributed by atoms with Gasteiger partial charge in [-0.05, 0) is 35.0 Å². The van der Waals surface area contributed by atoms with Gasteiger partial charge >= 0.3 is 0 Å². The second-order valence-corrected chi connectivity index (χ2v) is 8.22. The van der Waals surface area contributed by atoms with Crippen molar-refractivity contribution >= 4 is 37.3 Å². The van der Waals surface area contributed by atoms with Gasteiger partial charge in [0.25, 0.3) is 0 Å². The molecule has 0 saturated heterocycles. The number of nitrogens with zero attached hydrogens (tertiary/aromatic N) is 2. The number of hydrogen-bond acceptors (Lipinski definition) is 4. The van der Waals surface area contributed by atoms with Crippen molar-refractivity contribution < 1.29 is 8.42 Å². The highest BCUT2D eigenvalue weighted by molar-refractivity contribution is 9.10. The van der Waals surface area contributed by atoms with Gasteiger partial charge in [-0.15, -0.1) is 11.3 Å². The first-order valence-electron chi connectivity index (χ1n) is 5.53. The van der Waals surface area contributed by atoms with Crippen molar-refractivity contribution in [1.82, 2.24) is 9.29 Å². The normalized spacial score (nSPS) is 12.0. The van der Waals surface area contributed by atoms with Crippen molar-refractivity contribution in [2.75, 3.05) is 7.05 Å². The minimum absolute atomic E-state index is 0.277. The number of aromatic nitrogens is 1. The molecule has 0 aliphatic carbocycles. The lowest BCUT2D eigenvalue weighted by molar-refractivity contribution is 0.469. The minimum Gasteiger partial charge on any atom is -0.250 e. The van der Waals surface area contributed by atoms with Gasteiger partial charge in [0.05, 0.1) is 9.90 Å². The molecule has 19 heavy (non-hydrogen) atoms. The summed E-state index contributed by atoms with van der Waals surface area (Å²) >= 11 is 4.78. The highest BCUT2D eigenvalue weighted by Crippen LogP contribution is 2.25. The van der Waals surface area contributed by atoms with Crippen LogP contribution in [0.15, 0.2) is 39.8 Å². The van der Waals surface area contributed by atoms with E-state index in [0.717, 1.165) is 9.88 Å². The molecule has 2 rings (SSSR count). The van der Waals surface area contributed by atoms with E-state index in [0.29, 0.717) is 11.0 Å². The Labute approximate surface area is 125 Å². The summed E-state index contributed by atoms with van der Waals surface area (Å²) in [6.07, 6.45) is 1.71. The predicted molar refractivity (Wildman–Crippen MR) is 79.6 cm³/mol. The smallest absolute Gasteiger partial charge is 0.244 e. The van der Waals surface area contributed by atoms with Crippen LogP contribution in [-0.4, -0.2) is 24.8 Å². The Balaban J connectivity index is 2.27. The topological polar surface area (TPSA) is 50.3 Å². The molecule has 0 radical (unpaired) electrons. The molecule has 4 nitrogen and oxygen atoms in total. The Hall–Kier alpha value is -0.760. The van der Waals surface area contributed by atoms with Crippen molar-refractivity contribution in [1.29, 1.82) is 0 Å². The number of rotatable bonds is 4. The summed E-state index contributed by atoms with van der Waals surface area (Å²) in [5.41, 5.74) is 0. The van der Waals surface area contributed by atoms with Gasteiger partial charge in [-0.2, -0.15) is 4.31 Å². The molecule has 0 atom stereocenters. The van der Waals surface area contributed by atoms with Gasteiger partial charge in [0.2, 0.25) is 10.0 Å². The van der Waals surface area contributed by atoms with Gasteiger partial charge in [0.15, 0.2) is 0 Å². The van der Waals surface area contributed by atoms with Crippen molar-refractivity contribution in [3.05, 3.63) is 44.8 Å². The summed E-state index contributed by atoms with van der Waals surface area (Å²) in [5.74, 6) is 0. The van der Waals surface area contributed by atoms with Crippen LogP contribution in [0, 0.1) is 6.92 Å². The fourth-order valence-corrected chi connectivity index (χ4v) is 4.64. The molecule has 0 aliphatic rings. The molecule has 1 aromatic heterocycles. The Morgan fingerprint density at radius 2 is 2.05 bits per heavy atom. The van der Waals surface area contributed by atoms with Crippen molar-refractivity contribution in [2.45, 2.75) is 18.4 Å². The minimum atomic E-state index is -3.49. The molecule has 7 heteroatoms. The number of aryl methyl sites for hydroxylation is 1. The fraction of sp³-hybridized carbons (Fsp3) is 0.250. The lowest BCUT2D eigenvalue weighted by Crippen LogP contribution is -2.26. The first-order valence-corrected chi connectivity index (χ1v) is 8.58. The van der Waals surface area contributed by atoms with Gasteiger partial charge < -0.3 is 0 Å². The van der Waals surface area contributed by atoms with Crippen molar-refractivity contribution in [3.8, 4) is 0 Å². The summed E-state index contributed by atoms with van der Waals surface area (Å²) in [4.78, 5) is 5.33. The molecule has 0 unspecified atom stereocenters. The Morgan fingerprint density at radius 3 is 2.63 bits per heavy atom. The van der Waals surface area contributed by atoms with Crippen LogP contribution >= 0.6 is 27.3 Å². The number of sulfonamides is 1. The van der Waals surface area contributed by atoms with Crippen LogP contribution in [-0.2, 0) is 16.6 Å². The maximum absolute atomic E-state index is 12.4. The maximum Gasteiger partial charge on any atom is 0.244 e. The third kappa shape index (κ3) is 3.22. The zero-order valence-corrected chi connectivity index (χ0v) is 13.7. The third-order valence-electron chi connectivity index (χ3n) is 2.57. The highest BCUT2D eigenvalue weighted by Gasteiger charge is 2.23. The fourth-order valence-electron chi connectivity index (χ4n) is 1.60. The molecule has 1 heterocycles. The summed E-state index contributed by atoms with van der Waals surface area (Å²) in [7, 11) is -1.92. The molecule has 2 aromatic rings. The first-order chi connectivity index (χ1) is 8.91. The van der Waals surface area contributed by atoms with Crippen LogP contribution in [0.5, 0.6) is 0 Å². The van der Waals surface area contributed by atoms with Crippen LogP contribution in [0.2, 0.25) is 0 Å². The molecule has 0 aliphatic heterocycles. The summed E-state index contributed by atoms with van der Waals surface area (Å²) in [6, 6.07) is 6.81. The molecular formula is C12H13BrN2O2S2. The number of hydrogen-bond donors (Lipinski definition) is 0. The Bertz CT molecular complexity index is 683. The zero-order valence-electron chi connectivity index (χ0n) is 10.5. The van der Waals surface area contributed by atoms with E-state index < -0.39 is 10.0 Å². The highest BCUT2D eigenvalue weighted by atomic mass is 79.9. The van der Waals surface area contributed by atoms with Gasteiger partial charge in [0.1, 0.15) is 0 Å². The zero-order chi connectivity index (χ0) is 14.0. The summed E-state index contributed by atoms with van der Waals surface area (Å²) in [5, 5.41) is 0.932. The molecule has 0 bridgehead atoms. The van der Waals surface area contributed by atoms with Crippen molar-refractivity contribution in [2.24, 2.45) is 0 Å². The number of thiazole rings is 1. The maximum atomic E-state index is 12.4. The van der Waals surface area contributed by atoms with E-state index in [1.54, 1.807) is 37.5 Å². The van der Waals surface area contributed by atoms with Crippen LogP contribution in [0.4, 0.5) is 0 Å². The monoisotopic (exact) mass is 360 g/mol. The number of halogens is 1. The van der Waals surface area contributed by atoms with Crippen LogP contribution in [0.1, 0.15) is 9.88 Å². The lowest BCUT2D eigenvalue weighted by atomic mass is 10.4. The van der Waals surface area contributed by atoms with Gasteiger partial charge in [-0.3, -0.25) is 0 Å². The Kier molecular flexibility index (Phi) is 4.39. The van der Waals surface area contributed by atoms with Gasteiger partial charge in [-0.1, -0.05) is 12.1 Å². The van der Waals surface area contributed by atoms with E-state index in [2.05, 4.69) is 20.9 Å². The molecule has 0 amide bonds. The first kappa shape index (κ1) is 14.6. The van der Waals surface area contributed by atoms with Crippen molar-refractivity contribution in [3.63, 3.8) is 0 Å². The quantitative estimate of drug-likeness (QED) is 0.841. The van der Waals surface area contributed by atoms with Gasteiger partial charge in [-0.25, -0.2) is 13.4 Å². The molecule has 0 fully saturated rings. The second-order valence-electron chi connectivity index (χ2n) is 4.04. The van der Waals surface area contributed by atoms with Gasteiger partial charge in [0, 0.05) is 29.1 Å². The summed E-state index contributed by atoms with van der Waals surface area (Å²) in [6.45, 7) is 2.23. The summed E-state index contributed by atoms with van der Waals surface area (Å²) < 4.78 is 26.8. The standard InChI is InChI=1S/C12H13BrN2O2S2/c1-9-14-7-10(18-9)8-15(2)19(16,17)12-6-4-3-5-11(12)13/h3-7H,8H2,1-2H3. The lowest BCUT2D eigenvalue weighted by Gasteiger charge is -2.17. The molecule has 1 aromatic carbocycles. The van der Waals surface area contributed by atoms with E-state index in [9.17, 15) is 8.42 Å². The van der Waals surface area contributed by atoms with Crippen LogP contribution in [0.3, 0.4) is 0 Å². The predicted octanol–water partition coefficient (Wildman–Crippen LogP) is 3.03. The van der Waals surface area contributed by atoms with E-state index in [-0.39, 0.29) is 4.90 Å². The van der Waals surface area contributed by atoms with Crippen LogP contribution in [0.25, 0.3) is 0 Å². The van der Waals surface area contributed by atoms with E-state index in [4.69, 9.17) is 0 Å². The van der Waals surface area contributed by atoms with E-state index in [1.165, 1.54) is 15.6 Å². The van der Waals surface area contributed by atoms with Crippen LogP contribution < -0.4 is 0 Å². The molecular weight excluding hydrogens is 348 g/mol. The Morgan fingerprint density at radius 1 is 1.37 bits per heavy atom. The average Bonchev–Trinajstić information content (AvgIpc) is 2.75. The number of benzene rings is 1. The molecule has 102 valence electrons. The third-order valence-corrected chi connectivity index (χ3v) is 6.29. The largest absolute Gasteiger partial charge is 0.250 e. The van der Waals surface area contributed by atoms with E-state index in [1.807, 2.05) is 6.92 Å². The SMILES string of the molecule is Cc1ncc(CN(C)S(=O)(=O)c2ccccc2Br)s1. The molecule has 0 saturated carbocycles. The van der Waals surface area contributed by atoms with E-state index >= 15 is 0 Å². The second kappa shape index (κ2) is 5.70. The average molecular weight is 361 g/mol. The molecule has 0 N–H and O–H groups in total.